The standard InChI is InChI=1S/C16H24N4O/c1-3-21-16(11-8-9-11)14(18-17)10-13-12-6-4-5-7-15(12)20(2)19-13/h4-7,11,14,16,18H,3,8-10,17H2,1-2H3. The maximum Gasteiger partial charge on any atom is 0.0773 e. The molecule has 2 atom stereocenters. The van der Waals surface area contributed by atoms with Crippen molar-refractivity contribution in [2.24, 2.45) is 18.8 Å². The van der Waals surface area contributed by atoms with Crippen LogP contribution in [-0.2, 0) is 18.2 Å². The number of aromatic nitrogens is 2. The first-order chi connectivity index (χ1) is 10.2. The van der Waals surface area contributed by atoms with E-state index in [4.69, 9.17) is 10.6 Å². The summed E-state index contributed by atoms with van der Waals surface area (Å²) in [5.41, 5.74) is 5.20. The number of hydrogen-bond donors (Lipinski definition) is 2. The highest BCUT2D eigenvalue weighted by Gasteiger charge is 2.37. The van der Waals surface area contributed by atoms with Gasteiger partial charge in [-0.3, -0.25) is 16.0 Å². The van der Waals surface area contributed by atoms with E-state index in [0.717, 1.165) is 24.2 Å². The summed E-state index contributed by atoms with van der Waals surface area (Å²) >= 11 is 0. The summed E-state index contributed by atoms with van der Waals surface area (Å²) in [6, 6.07) is 8.42. The quantitative estimate of drug-likeness (QED) is 0.602. The van der Waals surface area contributed by atoms with E-state index in [-0.39, 0.29) is 12.1 Å². The number of benzene rings is 1. The molecular formula is C16H24N4O. The van der Waals surface area contributed by atoms with Gasteiger partial charge in [0, 0.05) is 25.5 Å². The molecule has 2 unspecified atom stereocenters. The molecule has 2 aromatic rings. The Hall–Kier alpha value is -1.43. The van der Waals surface area contributed by atoms with Crippen molar-refractivity contribution < 1.29 is 4.74 Å². The van der Waals surface area contributed by atoms with Gasteiger partial charge in [0.2, 0.25) is 0 Å². The van der Waals surface area contributed by atoms with Gasteiger partial charge in [0.25, 0.3) is 0 Å². The molecule has 3 N–H and O–H groups in total. The summed E-state index contributed by atoms with van der Waals surface area (Å²) in [5.74, 6) is 6.44. The number of rotatable bonds is 7. The third kappa shape index (κ3) is 2.95. The maximum absolute atomic E-state index is 5.93. The molecule has 5 heteroatoms. The van der Waals surface area contributed by atoms with Gasteiger partial charge in [-0.25, -0.2) is 0 Å². The molecule has 0 bridgehead atoms. The number of hydrogen-bond acceptors (Lipinski definition) is 4. The Morgan fingerprint density at radius 3 is 2.86 bits per heavy atom. The first kappa shape index (κ1) is 14.5. The lowest BCUT2D eigenvalue weighted by molar-refractivity contribution is 0.0190. The summed E-state index contributed by atoms with van der Waals surface area (Å²) in [7, 11) is 1.98. The van der Waals surface area contributed by atoms with Crippen LogP contribution in [0.15, 0.2) is 24.3 Å². The predicted octanol–water partition coefficient (Wildman–Crippen LogP) is 1.76. The van der Waals surface area contributed by atoms with Gasteiger partial charge < -0.3 is 4.74 Å². The normalized spacial score (nSPS) is 18.0. The highest BCUT2D eigenvalue weighted by Crippen LogP contribution is 2.36. The smallest absolute Gasteiger partial charge is 0.0773 e. The van der Waals surface area contributed by atoms with E-state index in [2.05, 4.69) is 28.7 Å². The van der Waals surface area contributed by atoms with Crippen molar-refractivity contribution in [3.8, 4) is 0 Å². The minimum atomic E-state index is 0.107. The molecule has 0 radical (unpaired) electrons. The van der Waals surface area contributed by atoms with Crippen molar-refractivity contribution in [3.05, 3.63) is 30.0 Å². The molecule has 1 heterocycles. The minimum absolute atomic E-state index is 0.107. The van der Waals surface area contributed by atoms with Crippen LogP contribution in [-0.4, -0.2) is 28.5 Å². The molecule has 1 aliphatic carbocycles. The van der Waals surface area contributed by atoms with Crippen molar-refractivity contribution >= 4 is 10.9 Å². The molecule has 5 nitrogen and oxygen atoms in total. The van der Waals surface area contributed by atoms with E-state index in [0.29, 0.717) is 5.92 Å². The van der Waals surface area contributed by atoms with Crippen LogP contribution in [0.25, 0.3) is 10.9 Å². The molecule has 1 fully saturated rings. The first-order valence-corrected chi connectivity index (χ1v) is 7.73. The van der Waals surface area contributed by atoms with Crippen LogP contribution in [0.4, 0.5) is 0 Å². The Labute approximate surface area is 125 Å². The van der Waals surface area contributed by atoms with Gasteiger partial charge >= 0.3 is 0 Å². The second kappa shape index (κ2) is 6.13. The molecule has 0 amide bonds. The zero-order valence-corrected chi connectivity index (χ0v) is 12.7. The number of para-hydroxylation sites is 1. The van der Waals surface area contributed by atoms with E-state index in [1.165, 1.54) is 18.2 Å². The Morgan fingerprint density at radius 2 is 2.19 bits per heavy atom. The molecule has 114 valence electrons. The van der Waals surface area contributed by atoms with Crippen LogP contribution in [0, 0.1) is 5.92 Å². The molecule has 0 spiro atoms. The fourth-order valence-electron chi connectivity index (χ4n) is 3.12. The second-order valence-corrected chi connectivity index (χ2v) is 5.82. The molecule has 21 heavy (non-hydrogen) atoms. The van der Waals surface area contributed by atoms with Crippen molar-refractivity contribution in [1.82, 2.24) is 15.2 Å². The molecule has 1 aliphatic rings. The summed E-state index contributed by atoms with van der Waals surface area (Å²) in [6.45, 7) is 2.77. The molecule has 0 saturated heterocycles. The average molecular weight is 288 g/mol. The van der Waals surface area contributed by atoms with E-state index in [1.807, 2.05) is 24.7 Å². The summed E-state index contributed by atoms with van der Waals surface area (Å²) < 4.78 is 7.87. The zero-order chi connectivity index (χ0) is 14.8. The van der Waals surface area contributed by atoms with Gasteiger partial charge in [0.05, 0.1) is 23.4 Å². The third-order valence-electron chi connectivity index (χ3n) is 4.30. The lowest BCUT2D eigenvalue weighted by Crippen LogP contribution is -2.47. The van der Waals surface area contributed by atoms with E-state index >= 15 is 0 Å². The largest absolute Gasteiger partial charge is 0.377 e. The van der Waals surface area contributed by atoms with Gasteiger partial charge in [-0.1, -0.05) is 18.2 Å². The summed E-state index contributed by atoms with van der Waals surface area (Å²) in [4.78, 5) is 0. The van der Waals surface area contributed by atoms with E-state index in [1.54, 1.807) is 0 Å². The molecule has 0 aliphatic heterocycles. The number of ether oxygens (including phenoxy) is 1. The topological polar surface area (TPSA) is 65.1 Å². The fraction of sp³-hybridized carbons (Fsp3) is 0.562. The monoisotopic (exact) mass is 288 g/mol. The second-order valence-electron chi connectivity index (χ2n) is 5.82. The Kier molecular flexibility index (Phi) is 4.24. The Bertz CT molecular complexity index is 605. The summed E-state index contributed by atoms with van der Waals surface area (Å²) in [6.07, 6.45) is 3.46. The molecular weight excluding hydrogens is 264 g/mol. The number of hydrazine groups is 1. The lowest BCUT2D eigenvalue weighted by Gasteiger charge is -2.26. The van der Waals surface area contributed by atoms with Gasteiger partial charge in [0.1, 0.15) is 0 Å². The maximum atomic E-state index is 5.93. The summed E-state index contributed by atoms with van der Waals surface area (Å²) in [5, 5.41) is 5.87. The molecule has 1 aromatic heterocycles. The van der Waals surface area contributed by atoms with Crippen LogP contribution in [0.3, 0.4) is 0 Å². The van der Waals surface area contributed by atoms with Crippen LogP contribution in [0.2, 0.25) is 0 Å². The number of nitrogens with two attached hydrogens (primary N) is 1. The minimum Gasteiger partial charge on any atom is -0.377 e. The molecule has 1 saturated carbocycles. The number of aryl methyl sites for hydroxylation is 1. The van der Waals surface area contributed by atoms with Crippen LogP contribution in [0.5, 0.6) is 0 Å². The number of fused-ring (bicyclic) bond motifs is 1. The van der Waals surface area contributed by atoms with Crippen molar-refractivity contribution in [2.45, 2.75) is 38.3 Å². The number of nitrogens with zero attached hydrogens (tertiary/aromatic N) is 2. The van der Waals surface area contributed by atoms with Gasteiger partial charge in [-0.05, 0) is 31.7 Å². The van der Waals surface area contributed by atoms with Gasteiger partial charge in [-0.2, -0.15) is 5.10 Å². The van der Waals surface area contributed by atoms with Crippen LogP contribution < -0.4 is 11.3 Å². The number of nitrogens with one attached hydrogen (secondary N) is 1. The Morgan fingerprint density at radius 1 is 1.43 bits per heavy atom. The van der Waals surface area contributed by atoms with Crippen LogP contribution in [0.1, 0.15) is 25.5 Å². The SMILES string of the molecule is CCOC(C1CC1)C(Cc1nn(C)c2ccccc12)NN. The van der Waals surface area contributed by atoms with E-state index < -0.39 is 0 Å². The van der Waals surface area contributed by atoms with E-state index in [9.17, 15) is 0 Å². The average Bonchev–Trinajstić information content (AvgIpc) is 3.29. The predicted molar refractivity (Wildman–Crippen MR) is 83.7 cm³/mol. The highest BCUT2D eigenvalue weighted by molar-refractivity contribution is 5.81. The molecule has 3 rings (SSSR count). The zero-order valence-electron chi connectivity index (χ0n) is 12.7. The molecule has 1 aromatic carbocycles. The van der Waals surface area contributed by atoms with Crippen molar-refractivity contribution in [1.29, 1.82) is 0 Å². The van der Waals surface area contributed by atoms with Crippen LogP contribution >= 0.6 is 0 Å². The van der Waals surface area contributed by atoms with Gasteiger partial charge in [-0.15, -0.1) is 0 Å². The lowest BCUT2D eigenvalue weighted by atomic mass is 10.00. The van der Waals surface area contributed by atoms with Crippen molar-refractivity contribution in [2.75, 3.05) is 6.61 Å². The highest BCUT2D eigenvalue weighted by atomic mass is 16.5. The third-order valence-corrected chi connectivity index (χ3v) is 4.30. The van der Waals surface area contributed by atoms with Crippen molar-refractivity contribution in [3.63, 3.8) is 0 Å². The first-order valence-electron chi connectivity index (χ1n) is 7.73. The van der Waals surface area contributed by atoms with Gasteiger partial charge in [0.15, 0.2) is 0 Å². The fourth-order valence-corrected chi connectivity index (χ4v) is 3.12. The Balaban J connectivity index is 1.84.